The molecule has 108 valence electrons. The van der Waals surface area contributed by atoms with E-state index < -0.39 is 0 Å². The SMILES string of the molecule is Clc1cccc(C=Nc2ccc(N3CCOCC3)cc2)c1. The standard InChI is InChI=1S/C17H17ClN2O/c18-15-3-1-2-14(12-15)13-19-16-4-6-17(7-5-16)20-8-10-21-11-9-20/h1-7,12-13H,8-11H2. The summed E-state index contributed by atoms with van der Waals surface area (Å²) in [7, 11) is 0. The molecule has 3 nitrogen and oxygen atoms in total. The van der Waals surface area contributed by atoms with Crippen LogP contribution in [0.15, 0.2) is 53.5 Å². The average molecular weight is 301 g/mol. The highest BCUT2D eigenvalue weighted by Gasteiger charge is 2.10. The molecule has 2 aromatic rings. The van der Waals surface area contributed by atoms with Gasteiger partial charge < -0.3 is 9.64 Å². The lowest BCUT2D eigenvalue weighted by atomic mass is 10.2. The van der Waals surface area contributed by atoms with Gasteiger partial charge in [-0.05, 0) is 42.0 Å². The fraction of sp³-hybridized carbons (Fsp3) is 0.235. The zero-order valence-corrected chi connectivity index (χ0v) is 12.5. The van der Waals surface area contributed by atoms with E-state index in [2.05, 4.69) is 22.0 Å². The molecular formula is C17H17ClN2O. The molecule has 21 heavy (non-hydrogen) atoms. The van der Waals surface area contributed by atoms with Crippen LogP contribution in [0.4, 0.5) is 11.4 Å². The third-order valence-electron chi connectivity index (χ3n) is 3.44. The third kappa shape index (κ3) is 3.84. The van der Waals surface area contributed by atoms with Crippen molar-refractivity contribution in [3.8, 4) is 0 Å². The van der Waals surface area contributed by atoms with E-state index in [-0.39, 0.29) is 0 Å². The van der Waals surface area contributed by atoms with Gasteiger partial charge in [-0.1, -0.05) is 23.7 Å². The van der Waals surface area contributed by atoms with Crippen LogP contribution in [-0.4, -0.2) is 32.5 Å². The first-order valence-corrected chi connectivity index (χ1v) is 7.41. The zero-order valence-electron chi connectivity index (χ0n) is 11.7. The second-order valence-electron chi connectivity index (χ2n) is 4.93. The Balaban J connectivity index is 1.69. The van der Waals surface area contributed by atoms with Crippen molar-refractivity contribution in [2.45, 2.75) is 0 Å². The van der Waals surface area contributed by atoms with Gasteiger partial charge in [-0.3, -0.25) is 4.99 Å². The van der Waals surface area contributed by atoms with E-state index >= 15 is 0 Å². The van der Waals surface area contributed by atoms with Crippen LogP contribution in [-0.2, 0) is 4.74 Å². The molecule has 1 aliphatic rings. The van der Waals surface area contributed by atoms with E-state index in [0.29, 0.717) is 0 Å². The van der Waals surface area contributed by atoms with E-state index in [1.807, 2.05) is 42.6 Å². The molecule has 0 unspecified atom stereocenters. The maximum atomic E-state index is 5.96. The zero-order chi connectivity index (χ0) is 14.5. The Kier molecular flexibility index (Phi) is 4.53. The van der Waals surface area contributed by atoms with Gasteiger partial charge in [0.15, 0.2) is 0 Å². The van der Waals surface area contributed by atoms with E-state index in [9.17, 15) is 0 Å². The predicted octanol–water partition coefficient (Wildman–Crippen LogP) is 3.93. The summed E-state index contributed by atoms with van der Waals surface area (Å²) < 4.78 is 5.37. The Bertz CT molecular complexity index is 619. The molecule has 0 N–H and O–H groups in total. The molecule has 0 radical (unpaired) electrons. The van der Waals surface area contributed by atoms with Crippen LogP contribution in [0.3, 0.4) is 0 Å². The molecule has 0 amide bonds. The van der Waals surface area contributed by atoms with Crippen LogP contribution in [0.25, 0.3) is 0 Å². The monoisotopic (exact) mass is 300 g/mol. The largest absolute Gasteiger partial charge is 0.378 e. The summed E-state index contributed by atoms with van der Waals surface area (Å²) in [6.45, 7) is 3.50. The van der Waals surface area contributed by atoms with Crippen molar-refractivity contribution in [3.05, 3.63) is 59.1 Å². The van der Waals surface area contributed by atoms with E-state index in [1.165, 1.54) is 5.69 Å². The number of ether oxygens (including phenoxy) is 1. The second kappa shape index (κ2) is 6.74. The third-order valence-corrected chi connectivity index (χ3v) is 3.67. The van der Waals surface area contributed by atoms with Crippen LogP contribution in [0, 0.1) is 0 Å². The van der Waals surface area contributed by atoms with Gasteiger partial charge in [0.25, 0.3) is 0 Å². The number of hydrogen-bond donors (Lipinski definition) is 0. The number of anilines is 1. The average Bonchev–Trinajstić information content (AvgIpc) is 2.54. The number of hydrogen-bond acceptors (Lipinski definition) is 3. The maximum absolute atomic E-state index is 5.96. The Morgan fingerprint density at radius 1 is 1.05 bits per heavy atom. The summed E-state index contributed by atoms with van der Waals surface area (Å²) in [6.07, 6.45) is 1.83. The molecule has 0 saturated carbocycles. The van der Waals surface area contributed by atoms with Gasteiger partial charge in [-0.2, -0.15) is 0 Å². The van der Waals surface area contributed by atoms with Crippen molar-refractivity contribution in [2.24, 2.45) is 4.99 Å². The van der Waals surface area contributed by atoms with Gasteiger partial charge in [-0.15, -0.1) is 0 Å². The molecular weight excluding hydrogens is 284 g/mol. The molecule has 0 aromatic heterocycles. The highest BCUT2D eigenvalue weighted by atomic mass is 35.5. The van der Waals surface area contributed by atoms with Crippen LogP contribution in [0.2, 0.25) is 5.02 Å². The molecule has 4 heteroatoms. The molecule has 3 rings (SSSR count). The number of benzene rings is 2. The lowest BCUT2D eigenvalue weighted by Crippen LogP contribution is -2.36. The minimum atomic E-state index is 0.724. The van der Waals surface area contributed by atoms with Gasteiger partial charge in [0.2, 0.25) is 0 Å². The fourth-order valence-electron chi connectivity index (χ4n) is 2.31. The summed E-state index contributed by atoms with van der Waals surface area (Å²) >= 11 is 5.96. The number of halogens is 1. The molecule has 0 atom stereocenters. The van der Waals surface area contributed by atoms with Gasteiger partial charge in [-0.25, -0.2) is 0 Å². The first-order valence-electron chi connectivity index (χ1n) is 7.04. The molecule has 1 aliphatic heterocycles. The first-order chi connectivity index (χ1) is 10.3. The van der Waals surface area contributed by atoms with Crippen molar-refractivity contribution < 1.29 is 4.74 Å². The van der Waals surface area contributed by atoms with Crippen molar-refractivity contribution in [3.63, 3.8) is 0 Å². The summed E-state index contributed by atoms with van der Waals surface area (Å²) in [4.78, 5) is 6.80. The number of rotatable bonds is 3. The Morgan fingerprint density at radius 2 is 1.81 bits per heavy atom. The van der Waals surface area contributed by atoms with E-state index in [1.54, 1.807) is 0 Å². The molecule has 2 aromatic carbocycles. The first kappa shape index (κ1) is 14.1. The van der Waals surface area contributed by atoms with Crippen molar-refractivity contribution in [2.75, 3.05) is 31.2 Å². The topological polar surface area (TPSA) is 24.8 Å². The van der Waals surface area contributed by atoms with Gasteiger partial charge >= 0.3 is 0 Å². The van der Waals surface area contributed by atoms with Crippen LogP contribution in [0.5, 0.6) is 0 Å². The Labute approximate surface area is 129 Å². The van der Waals surface area contributed by atoms with Gasteiger partial charge in [0, 0.05) is 30.0 Å². The van der Waals surface area contributed by atoms with Crippen molar-refractivity contribution in [1.29, 1.82) is 0 Å². The molecule has 0 bridgehead atoms. The summed E-state index contributed by atoms with van der Waals surface area (Å²) in [6, 6.07) is 15.9. The normalized spacial score (nSPS) is 15.6. The minimum absolute atomic E-state index is 0.724. The van der Waals surface area contributed by atoms with Gasteiger partial charge in [0.1, 0.15) is 0 Å². The second-order valence-corrected chi connectivity index (χ2v) is 5.37. The minimum Gasteiger partial charge on any atom is -0.378 e. The Morgan fingerprint density at radius 3 is 2.52 bits per heavy atom. The number of aliphatic imine (C=N–C) groups is 1. The lowest BCUT2D eigenvalue weighted by Gasteiger charge is -2.28. The highest BCUT2D eigenvalue weighted by Crippen LogP contribution is 2.21. The highest BCUT2D eigenvalue weighted by molar-refractivity contribution is 6.30. The number of morpholine rings is 1. The molecule has 0 spiro atoms. The van der Waals surface area contributed by atoms with Crippen LogP contribution >= 0.6 is 11.6 Å². The molecule has 1 heterocycles. The summed E-state index contributed by atoms with van der Waals surface area (Å²) in [5.74, 6) is 0. The van der Waals surface area contributed by atoms with Crippen molar-refractivity contribution in [1.82, 2.24) is 0 Å². The van der Waals surface area contributed by atoms with E-state index in [0.717, 1.165) is 42.6 Å². The fourth-order valence-corrected chi connectivity index (χ4v) is 2.51. The lowest BCUT2D eigenvalue weighted by molar-refractivity contribution is 0.122. The summed E-state index contributed by atoms with van der Waals surface area (Å²) in [5, 5.41) is 0.724. The van der Waals surface area contributed by atoms with Crippen LogP contribution in [0.1, 0.15) is 5.56 Å². The molecule has 1 fully saturated rings. The Hall–Kier alpha value is -1.84. The quantitative estimate of drug-likeness (QED) is 0.802. The maximum Gasteiger partial charge on any atom is 0.0642 e. The van der Waals surface area contributed by atoms with Crippen LogP contribution < -0.4 is 4.90 Å². The van der Waals surface area contributed by atoms with E-state index in [4.69, 9.17) is 16.3 Å². The smallest absolute Gasteiger partial charge is 0.0642 e. The van der Waals surface area contributed by atoms with Gasteiger partial charge in [0.05, 0.1) is 18.9 Å². The van der Waals surface area contributed by atoms with Crippen molar-refractivity contribution >= 4 is 29.2 Å². The summed E-state index contributed by atoms with van der Waals surface area (Å²) in [5.41, 5.74) is 3.16. The molecule has 0 aliphatic carbocycles. The number of nitrogens with zero attached hydrogens (tertiary/aromatic N) is 2. The molecule has 1 saturated heterocycles. The predicted molar refractivity (Wildman–Crippen MR) is 88.2 cm³/mol.